The molecule has 0 fully saturated rings. The predicted octanol–water partition coefficient (Wildman–Crippen LogP) is 5.72. The van der Waals surface area contributed by atoms with E-state index in [1.165, 1.54) is 23.5 Å². The molecule has 1 heterocycles. The summed E-state index contributed by atoms with van der Waals surface area (Å²) >= 11 is 1.23. The fourth-order valence-corrected chi connectivity index (χ4v) is 3.83. The van der Waals surface area contributed by atoms with Crippen LogP contribution in [0.3, 0.4) is 0 Å². The molecule has 0 aliphatic rings. The minimum atomic E-state index is -0.581. The monoisotopic (exact) mass is 446 g/mol. The molecule has 32 heavy (non-hydrogen) atoms. The number of esters is 1. The average Bonchev–Trinajstić information content (AvgIpc) is 3.27. The van der Waals surface area contributed by atoms with Crippen LogP contribution in [0.4, 0.5) is 9.52 Å². The van der Waals surface area contributed by atoms with Gasteiger partial charge in [0.1, 0.15) is 5.82 Å². The van der Waals surface area contributed by atoms with Crippen LogP contribution in [-0.2, 0) is 9.53 Å². The Hall–Kier alpha value is -3.84. The minimum absolute atomic E-state index is 0.330. The van der Waals surface area contributed by atoms with Crippen molar-refractivity contribution in [1.29, 1.82) is 0 Å². The molecule has 0 bridgehead atoms. The number of anilines is 1. The van der Waals surface area contributed by atoms with Crippen LogP contribution in [0.1, 0.15) is 15.9 Å². The van der Waals surface area contributed by atoms with E-state index in [0.717, 1.165) is 22.3 Å². The van der Waals surface area contributed by atoms with E-state index in [1.54, 1.807) is 29.6 Å². The van der Waals surface area contributed by atoms with Gasteiger partial charge in [0.25, 0.3) is 5.91 Å². The average molecular weight is 447 g/mol. The highest BCUT2D eigenvalue weighted by Crippen LogP contribution is 2.26. The molecule has 0 aliphatic heterocycles. The van der Waals surface area contributed by atoms with Crippen molar-refractivity contribution >= 4 is 28.3 Å². The zero-order chi connectivity index (χ0) is 22.5. The molecule has 160 valence electrons. The maximum Gasteiger partial charge on any atom is 0.339 e. The predicted molar refractivity (Wildman–Crippen MR) is 123 cm³/mol. The molecule has 0 saturated heterocycles. The molecule has 0 aliphatic carbocycles. The smallest absolute Gasteiger partial charge is 0.339 e. The number of benzene rings is 3. The molecule has 1 N–H and O–H groups in total. The molecule has 7 heteroatoms. The Bertz CT molecular complexity index is 1250. The maximum atomic E-state index is 13.1. The third-order valence-electron chi connectivity index (χ3n) is 4.73. The number of nitrogens with one attached hydrogen (secondary N) is 1. The summed E-state index contributed by atoms with van der Waals surface area (Å²) in [6.45, 7) is 1.56. The lowest BCUT2D eigenvalue weighted by atomic mass is 9.99. The summed E-state index contributed by atoms with van der Waals surface area (Å²) in [5.41, 5.74) is 4.49. The first-order valence-corrected chi connectivity index (χ1v) is 10.7. The van der Waals surface area contributed by atoms with Crippen molar-refractivity contribution in [1.82, 2.24) is 4.98 Å². The number of carbonyl (C=O) groups is 2. The number of carbonyl (C=O) groups excluding carboxylic acids is 2. The van der Waals surface area contributed by atoms with E-state index in [4.69, 9.17) is 4.74 Å². The maximum absolute atomic E-state index is 13.1. The highest BCUT2D eigenvalue weighted by Gasteiger charge is 2.16. The molecule has 3 aromatic carbocycles. The summed E-state index contributed by atoms with van der Waals surface area (Å²) in [4.78, 5) is 29.2. The van der Waals surface area contributed by atoms with Crippen molar-refractivity contribution in [2.24, 2.45) is 0 Å². The van der Waals surface area contributed by atoms with Gasteiger partial charge in [-0.05, 0) is 48.4 Å². The molecule has 0 radical (unpaired) electrons. The van der Waals surface area contributed by atoms with Crippen LogP contribution in [-0.4, -0.2) is 23.5 Å². The number of hydrogen-bond donors (Lipinski definition) is 1. The van der Waals surface area contributed by atoms with Gasteiger partial charge in [-0.25, -0.2) is 14.2 Å². The van der Waals surface area contributed by atoms with Gasteiger partial charge in [0.2, 0.25) is 0 Å². The summed E-state index contributed by atoms with van der Waals surface area (Å²) in [6.07, 6.45) is 0. The molecule has 0 spiro atoms. The van der Waals surface area contributed by atoms with Crippen LogP contribution in [0, 0.1) is 12.7 Å². The highest BCUT2D eigenvalue weighted by molar-refractivity contribution is 7.14. The number of hydrogen-bond acceptors (Lipinski definition) is 5. The lowest BCUT2D eigenvalue weighted by Gasteiger charge is -2.10. The number of aromatic nitrogens is 1. The lowest BCUT2D eigenvalue weighted by Crippen LogP contribution is -2.21. The number of rotatable bonds is 6. The van der Waals surface area contributed by atoms with Gasteiger partial charge in [-0.2, -0.15) is 0 Å². The van der Waals surface area contributed by atoms with Crippen molar-refractivity contribution in [2.75, 3.05) is 11.9 Å². The molecule has 4 aromatic rings. The third kappa shape index (κ3) is 5.07. The van der Waals surface area contributed by atoms with E-state index in [-0.39, 0.29) is 5.82 Å². The zero-order valence-electron chi connectivity index (χ0n) is 17.2. The van der Waals surface area contributed by atoms with E-state index in [9.17, 15) is 14.0 Å². The van der Waals surface area contributed by atoms with Gasteiger partial charge in [-0.1, -0.05) is 48.0 Å². The molecule has 1 amide bonds. The Morgan fingerprint density at radius 1 is 0.969 bits per heavy atom. The topological polar surface area (TPSA) is 68.3 Å². The van der Waals surface area contributed by atoms with Gasteiger partial charge in [0.05, 0.1) is 11.3 Å². The first kappa shape index (κ1) is 21.4. The molecular weight excluding hydrogens is 427 g/mol. The molecule has 4 rings (SSSR count). The second-order valence-corrected chi connectivity index (χ2v) is 7.94. The van der Waals surface area contributed by atoms with Gasteiger partial charge in [0, 0.05) is 10.9 Å². The number of thiazole rings is 1. The standard InChI is InChI=1S/C25H19FN2O3S/c1-16-6-8-17(9-7-16)20-4-2-3-5-21(20)24(30)31-14-23(29)28-25-27-22(15-32-25)18-10-12-19(26)13-11-18/h2-13,15H,14H2,1H3,(H,27,28,29). The number of amides is 1. The third-order valence-corrected chi connectivity index (χ3v) is 5.49. The second-order valence-electron chi connectivity index (χ2n) is 7.08. The summed E-state index contributed by atoms with van der Waals surface area (Å²) in [5.74, 6) is -1.41. The first-order chi connectivity index (χ1) is 15.5. The normalized spacial score (nSPS) is 10.6. The summed E-state index contributed by atoms with van der Waals surface area (Å²) in [6, 6.07) is 20.9. The molecule has 0 atom stereocenters. The molecule has 1 aromatic heterocycles. The highest BCUT2D eigenvalue weighted by atomic mass is 32.1. The van der Waals surface area contributed by atoms with Crippen LogP contribution in [0.5, 0.6) is 0 Å². The van der Waals surface area contributed by atoms with Crippen molar-refractivity contribution in [3.05, 3.63) is 95.1 Å². The lowest BCUT2D eigenvalue weighted by molar-refractivity contribution is -0.119. The Morgan fingerprint density at radius 2 is 1.66 bits per heavy atom. The van der Waals surface area contributed by atoms with Gasteiger partial charge in [-0.3, -0.25) is 10.1 Å². The van der Waals surface area contributed by atoms with Crippen molar-refractivity contribution in [3.8, 4) is 22.4 Å². The van der Waals surface area contributed by atoms with Crippen LogP contribution in [0.25, 0.3) is 22.4 Å². The minimum Gasteiger partial charge on any atom is -0.452 e. The molecule has 0 unspecified atom stereocenters. The summed E-state index contributed by atoms with van der Waals surface area (Å²) < 4.78 is 18.3. The number of aryl methyl sites for hydroxylation is 1. The molecule has 5 nitrogen and oxygen atoms in total. The Balaban J connectivity index is 1.38. The molecular formula is C25H19FN2O3S. The SMILES string of the molecule is Cc1ccc(-c2ccccc2C(=O)OCC(=O)Nc2nc(-c3ccc(F)cc3)cs2)cc1. The van der Waals surface area contributed by atoms with Crippen molar-refractivity contribution < 1.29 is 18.7 Å². The Labute approximate surface area is 188 Å². The van der Waals surface area contributed by atoms with E-state index in [2.05, 4.69) is 10.3 Å². The number of halogens is 1. The van der Waals surface area contributed by atoms with Crippen molar-refractivity contribution in [2.45, 2.75) is 6.92 Å². The summed E-state index contributed by atoms with van der Waals surface area (Å²) in [5, 5.41) is 4.74. The second kappa shape index (κ2) is 9.53. The van der Waals surface area contributed by atoms with E-state index in [0.29, 0.717) is 16.4 Å². The Kier molecular flexibility index (Phi) is 6.37. The first-order valence-electron chi connectivity index (χ1n) is 9.84. The quantitative estimate of drug-likeness (QED) is 0.385. The van der Waals surface area contributed by atoms with Crippen LogP contribution in [0.15, 0.2) is 78.2 Å². The van der Waals surface area contributed by atoms with Gasteiger partial charge < -0.3 is 4.74 Å². The zero-order valence-corrected chi connectivity index (χ0v) is 18.0. The van der Waals surface area contributed by atoms with Gasteiger partial charge in [0.15, 0.2) is 11.7 Å². The fourth-order valence-electron chi connectivity index (χ4n) is 3.09. The van der Waals surface area contributed by atoms with E-state index in [1.807, 2.05) is 43.3 Å². The number of ether oxygens (including phenoxy) is 1. The van der Waals surface area contributed by atoms with E-state index >= 15 is 0 Å². The number of nitrogens with zero attached hydrogens (tertiary/aromatic N) is 1. The molecule has 0 saturated carbocycles. The fraction of sp³-hybridized carbons (Fsp3) is 0.0800. The van der Waals surface area contributed by atoms with E-state index < -0.39 is 18.5 Å². The van der Waals surface area contributed by atoms with Crippen LogP contribution >= 0.6 is 11.3 Å². The largest absolute Gasteiger partial charge is 0.452 e. The van der Waals surface area contributed by atoms with Crippen LogP contribution in [0.2, 0.25) is 0 Å². The van der Waals surface area contributed by atoms with Crippen molar-refractivity contribution in [3.63, 3.8) is 0 Å². The van der Waals surface area contributed by atoms with Crippen LogP contribution < -0.4 is 5.32 Å². The Morgan fingerprint density at radius 3 is 2.41 bits per heavy atom. The summed E-state index contributed by atoms with van der Waals surface area (Å²) in [7, 11) is 0. The van der Waals surface area contributed by atoms with Gasteiger partial charge in [-0.15, -0.1) is 11.3 Å². The van der Waals surface area contributed by atoms with Gasteiger partial charge >= 0.3 is 5.97 Å².